The van der Waals surface area contributed by atoms with E-state index in [-0.39, 0.29) is 0 Å². The topological polar surface area (TPSA) is 25.8 Å². The molecule has 1 aromatic carbocycles. The molecule has 0 radical (unpaired) electrons. The summed E-state index contributed by atoms with van der Waals surface area (Å²) < 4.78 is 0. The fourth-order valence-corrected chi connectivity index (χ4v) is 2.43. The Labute approximate surface area is 119 Å². The third-order valence-electron chi connectivity index (χ3n) is 2.85. The molecule has 0 amide bonds. The molecule has 2 nitrogen and oxygen atoms in total. The lowest BCUT2D eigenvalue weighted by Gasteiger charge is -2.08. The Balaban J connectivity index is 2.46. The molecule has 0 fully saturated rings. The van der Waals surface area contributed by atoms with Crippen molar-refractivity contribution in [1.29, 1.82) is 0 Å². The van der Waals surface area contributed by atoms with Gasteiger partial charge in [-0.05, 0) is 44.4 Å². The molecule has 0 aliphatic heterocycles. The second kappa shape index (κ2) is 5.70. The zero-order chi connectivity index (χ0) is 14.0. The standard InChI is InChI=1S/C16H19ClN2/c1-10(2)5-14-9-15(17)19-16(18-14)13-7-11(3)6-12(4)8-13/h6-10H,5H2,1-4H3. The average molecular weight is 275 g/mol. The van der Waals surface area contributed by atoms with E-state index in [1.165, 1.54) is 11.1 Å². The van der Waals surface area contributed by atoms with Crippen LogP contribution >= 0.6 is 11.6 Å². The van der Waals surface area contributed by atoms with Crippen molar-refractivity contribution in [2.45, 2.75) is 34.1 Å². The minimum absolute atomic E-state index is 0.514. The van der Waals surface area contributed by atoms with Crippen LogP contribution in [0.2, 0.25) is 5.15 Å². The minimum Gasteiger partial charge on any atom is -0.233 e. The summed E-state index contributed by atoms with van der Waals surface area (Å²) in [6.45, 7) is 8.51. The first-order valence-electron chi connectivity index (χ1n) is 6.56. The molecule has 0 atom stereocenters. The largest absolute Gasteiger partial charge is 0.233 e. The Morgan fingerprint density at radius 2 is 1.63 bits per heavy atom. The lowest BCUT2D eigenvalue weighted by Crippen LogP contribution is -2.01. The van der Waals surface area contributed by atoms with Gasteiger partial charge in [0.2, 0.25) is 0 Å². The third-order valence-corrected chi connectivity index (χ3v) is 3.04. The SMILES string of the molecule is Cc1cc(C)cc(-c2nc(Cl)cc(CC(C)C)n2)c1. The van der Waals surface area contributed by atoms with Crippen molar-refractivity contribution in [1.82, 2.24) is 9.97 Å². The molecule has 1 heterocycles. The van der Waals surface area contributed by atoms with Gasteiger partial charge in [-0.3, -0.25) is 0 Å². The normalized spacial score (nSPS) is 11.1. The number of halogens is 1. The first kappa shape index (κ1) is 14.0. The first-order valence-corrected chi connectivity index (χ1v) is 6.94. The maximum atomic E-state index is 6.11. The zero-order valence-corrected chi connectivity index (χ0v) is 12.6. The number of aryl methyl sites for hydroxylation is 2. The molecule has 19 heavy (non-hydrogen) atoms. The lowest BCUT2D eigenvalue weighted by molar-refractivity contribution is 0.634. The summed E-state index contributed by atoms with van der Waals surface area (Å²) in [5.74, 6) is 1.27. The first-order chi connectivity index (χ1) is 8.94. The monoisotopic (exact) mass is 274 g/mol. The molecule has 0 bridgehead atoms. The van der Waals surface area contributed by atoms with E-state index in [0.717, 1.165) is 23.5 Å². The van der Waals surface area contributed by atoms with Crippen LogP contribution in [-0.2, 0) is 6.42 Å². The number of hydrogen-bond donors (Lipinski definition) is 0. The molecule has 2 aromatic rings. The minimum atomic E-state index is 0.514. The van der Waals surface area contributed by atoms with Gasteiger partial charge >= 0.3 is 0 Å². The van der Waals surface area contributed by atoms with Crippen molar-refractivity contribution in [2.24, 2.45) is 5.92 Å². The Bertz CT molecular complexity index is 571. The van der Waals surface area contributed by atoms with Crippen LogP contribution in [0.25, 0.3) is 11.4 Å². The summed E-state index contributed by atoms with van der Waals surface area (Å²) in [5.41, 5.74) is 4.46. The Morgan fingerprint density at radius 3 is 2.21 bits per heavy atom. The van der Waals surface area contributed by atoms with E-state index in [2.05, 4.69) is 55.9 Å². The van der Waals surface area contributed by atoms with E-state index in [0.29, 0.717) is 11.1 Å². The van der Waals surface area contributed by atoms with Crippen molar-refractivity contribution in [3.05, 3.63) is 46.2 Å². The van der Waals surface area contributed by atoms with Crippen molar-refractivity contribution in [2.75, 3.05) is 0 Å². The second-order valence-electron chi connectivity index (χ2n) is 5.48. The van der Waals surface area contributed by atoms with Crippen LogP contribution in [0.4, 0.5) is 0 Å². The van der Waals surface area contributed by atoms with Gasteiger partial charge in [-0.25, -0.2) is 9.97 Å². The fourth-order valence-electron chi connectivity index (χ4n) is 2.22. The molecule has 0 saturated heterocycles. The lowest BCUT2D eigenvalue weighted by atomic mass is 10.1. The fraction of sp³-hybridized carbons (Fsp3) is 0.375. The summed E-state index contributed by atoms with van der Waals surface area (Å²) in [5, 5.41) is 0.514. The van der Waals surface area contributed by atoms with Crippen LogP contribution in [0.15, 0.2) is 24.3 Å². The highest BCUT2D eigenvalue weighted by Gasteiger charge is 2.08. The van der Waals surface area contributed by atoms with Crippen molar-refractivity contribution < 1.29 is 0 Å². The Morgan fingerprint density at radius 1 is 1.00 bits per heavy atom. The van der Waals surface area contributed by atoms with Crippen LogP contribution in [0.3, 0.4) is 0 Å². The van der Waals surface area contributed by atoms with Gasteiger partial charge < -0.3 is 0 Å². The van der Waals surface area contributed by atoms with Crippen molar-refractivity contribution >= 4 is 11.6 Å². The highest BCUT2D eigenvalue weighted by Crippen LogP contribution is 2.22. The van der Waals surface area contributed by atoms with Crippen LogP contribution in [-0.4, -0.2) is 9.97 Å². The second-order valence-corrected chi connectivity index (χ2v) is 5.87. The maximum Gasteiger partial charge on any atom is 0.161 e. The maximum absolute atomic E-state index is 6.11. The number of nitrogens with zero attached hydrogens (tertiary/aromatic N) is 2. The van der Waals surface area contributed by atoms with Gasteiger partial charge in [0.15, 0.2) is 5.82 Å². The van der Waals surface area contributed by atoms with Gasteiger partial charge in [0.05, 0.1) is 0 Å². The Kier molecular flexibility index (Phi) is 4.20. The van der Waals surface area contributed by atoms with Gasteiger partial charge in [-0.2, -0.15) is 0 Å². The summed E-state index contributed by atoms with van der Waals surface area (Å²) in [6, 6.07) is 8.19. The van der Waals surface area contributed by atoms with E-state index < -0.39 is 0 Å². The van der Waals surface area contributed by atoms with Gasteiger partial charge in [0.25, 0.3) is 0 Å². The van der Waals surface area contributed by atoms with Crippen LogP contribution < -0.4 is 0 Å². The third kappa shape index (κ3) is 3.77. The molecule has 0 spiro atoms. The predicted octanol–water partition coefficient (Wildman–Crippen LogP) is 4.61. The molecule has 1 aromatic heterocycles. The van der Waals surface area contributed by atoms with Crippen LogP contribution in [0.1, 0.15) is 30.7 Å². The summed E-state index contributed by atoms with van der Waals surface area (Å²) in [4.78, 5) is 8.98. The van der Waals surface area contributed by atoms with Gasteiger partial charge in [0, 0.05) is 11.3 Å². The number of benzene rings is 1. The molecular formula is C16H19ClN2. The molecule has 0 aliphatic rings. The van der Waals surface area contributed by atoms with E-state index in [4.69, 9.17) is 11.6 Å². The molecule has 0 saturated carbocycles. The van der Waals surface area contributed by atoms with Gasteiger partial charge in [-0.15, -0.1) is 0 Å². The zero-order valence-electron chi connectivity index (χ0n) is 11.9. The average Bonchev–Trinajstić information content (AvgIpc) is 2.25. The molecule has 2 rings (SSSR count). The molecule has 100 valence electrons. The number of rotatable bonds is 3. The summed E-state index contributed by atoms with van der Waals surface area (Å²) in [6.07, 6.45) is 0.917. The van der Waals surface area contributed by atoms with Gasteiger partial charge in [0.1, 0.15) is 5.15 Å². The molecule has 0 unspecified atom stereocenters. The highest BCUT2D eigenvalue weighted by atomic mass is 35.5. The highest BCUT2D eigenvalue weighted by molar-refractivity contribution is 6.29. The quantitative estimate of drug-likeness (QED) is 0.764. The smallest absolute Gasteiger partial charge is 0.161 e. The van der Waals surface area contributed by atoms with Crippen LogP contribution in [0, 0.1) is 19.8 Å². The van der Waals surface area contributed by atoms with E-state index in [1.807, 2.05) is 6.07 Å². The molecule has 0 aliphatic carbocycles. The van der Waals surface area contributed by atoms with Crippen molar-refractivity contribution in [3.8, 4) is 11.4 Å². The van der Waals surface area contributed by atoms with Gasteiger partial charge in [-0.1, -0.05) is 42.6 Å². The van der Waals surface area contributed by atoms with Crippen molar-refractivity contribution in [3.63, 3.8) is 0 Å². The van der Waals surface area contributed by atoms with Crippen LogP contribution in [0.5, 0.6) is 0 Å². The summed E-state index contributed by atoms with van der Waals surface area (Å²) >= 11 is 6.11. The molecule has 3 heteroatoms. The Hall–Kier alpha value is -1.41. The molecule has 0 N–H and O–H groups in total. The number of hydrogen-bond acceptors (Lipinski definition) is 2. The van der Waals surface area contributed by atoms with E-state index >= 15 is 0 Å². The van der Waals surface area contributed by atoms with E-state index in [1.54, 1.807) is 0 Å². The molecular weight excluding hydrogens is 256 g/mol. The predicted molar refractivity (Wildman–Crippen MR) is 80.5 cm³/mol. The number of aromatic nitrogens is 2. The van der Waals surface area contributed by atoms with E-state index in [9.17, 15) is 0 Å². The summed E-state index contributed by atoms with van der Waals surface area (Å²) in [7, 11) is 0.